The zero-order valence-corrected chi connectivity index (χ0v) is 22.0. The summed E-state index contributed by atoms with van der Waals surface area (Å²) in [4.78, 5) is 35.1. The summed E-state index contributed by atoms with van der Waals surface area (Å²) in [6, 6.07) is 16.0. The number of nitrogens with zero attached hydrogens (tertiary/aromatic N) is 4. The first-order valence-electron chi connectivity index (χ1n) is 12.1. The van der Waals surface area contributed by atoms with Gasteiger partial charge in [-0.1, -0.05) is 41.9 Å². The van der Waals surface area contributed by atoms with E-state index in [4.69, 9.17) is 16.3 Å². The first-order valence-corrected chi connectivity index (χ1v) is 12.5. The van der Waals surface area contributed by atoms with Crippen LogP contribution in [-0.2, 0) is 33.9 Å². The Morgan fingerprint density at radius 2 is 1.76 bits per heavy atom. The van der Waals surface area contributed by atoms with E-state index in [0.29, 0.717) is 34.9 Å². The topological polar surface area (TPSA) is 99.0 Å². The molecule has 4 aromatic rings. The van der Waals surface area contributed by atoms with E-state index in [9.17, 15) is 14.0 Å². The summed E-state index contributed by atoms with van der Waals surface area (Å²) >= 11 is 5.79. The number of pyridine rings is 1. The molecule has 0 fully saturated rings. The van der Waals surface area contributed by atoms with Crippen LogP contribution in [0.25, 0.3) is 11.4 Å². The summed E-state index contributed by atoms with van der Waals surface area (Å²) in [5.74, 6) is -0.995. The van der Waals surface area contributed by atoms with E-state index in [1.165, 1.54) is 12.1 Å². The van der Waals surface area contributed by atoms with Gasteiger partial charge in [-0.15, -0.1) is 0 Å². The molecule has 2 heterocycles. The van der Waals surface area contributed by atoms with E-state index in [1.54, 1.807) is 22.9 Å². The smallest absolute Gasteiger partial charge is 0.333 e. The molecular formula is C28H27ClFN5O3. The fourth-order valence-corrected chi connectivity index (χ4v) is 4.11. The number of amides is 1. The number of nitrogens with one attached hydrogen (secondary N) is 1. The summed E-state index contributed by atoms with van der Waals surface area (Å²) in [5.41, 5.74) is 3.25. The number of rotatable bonds is 9. The molecule has 0 spiro atoms. The summed E-state index contributed by atoms with van der Waals surface area (Å²) in [7, 11) is 0. The molecular weight excluding hydrogens is 509 g/mol. The van der Waals surface area contributed by atoms with Crippen molar-refractivity contribution in [1.29, 1.82) is 0 Å². The highest BCUT2D eigenvalue weighted by Crippen LogP contribution is 2.23. The second-order valence-corrected chi connectivity index (χ2v) is 9.16. The van der Waals surface area contributed by atoms with E-state index in [0.717, 1.165) is 5.56 Å². The van der Waals surface area contributed by atoms with Crippen LogP contribution >= 0.6 is 11.6 Å². The van der Waals surface area contributed by atoms with Crippen molar-refractivity contribution in [2.75, 3.05) is 0 Å². The number of aryl methyl sites for hydroxylation is 3. The molecule has 8 nitrogen and oxygen atoms in total. The normalized spacial score (nSPS) is 11.7. The van der Waals surface area contributed by atoms with Crippen LogP contribution in [0.5, 0.6) is 0 Å². The van der Waals surface area contributed by atoms with Crippen LogP contribution in [0.3, 0.4) is 0 Å². The molecule has 1 unspecified atom stereocenters. The zero-order chi connectivity index (χ0) is 27.2. The summed E-state index contributed by atoms with van der Waals surface area (Å²) in [6.45, 7) is 6.00. The number of aromatic nitrogens is 4. The van der Waals surface area contributed by atoms with Crippen molar-refractivity contribution in [2.45, 2.75) is 46.4 Å². The number of esters is 1. The molecule has 196 valence electrons. The average molecular weight is 536 g/mol. The van der Waals surface area contributed by atoms with Crippen LogP contribution in [0.2, 0.25) is 5.02 Å². The number of hydrogen-bond donors (Lipinski definition) is 1. The van der Waals surface area contributed by atoms with E-state index in [1.807, 2.05) is 51.1 Å². The third-order valence-electron chi connectivity index (χ3n) is 5.75. The Kier molecular flexibility index (Phi) is 8.48. The molecule has 1 atom stereocenters. The molecule has 0 aliphatic heterocycles. The zero-order valence-electron chi connectivity index (χ0n) is 21.2. The lowest BCUT2D eigenvalue weighted by molar-refractivity contribution is -0.149. The molecule has 0 saturated carbocycles. The van der Waals surface area contributed by atoms with Crippen LogP contribution in [0.1, 0.15) is 41.3 Å². The first-order chi connectivity index (χ1) is 18.2. The minimum absolute atomic E-state index is 0.00458. The molecule has 0 saturated heterocycles. The van der Waals surface area contributed by atoms with Gasteiger partial charge in [0.05, 0.1) is 11.4 Å². The van der Waals surface area contributed by atoms with Crippen molar-refractivity contribution in [2.24, 2.45) is 0 Å². The predicted octanol–water partition coefficient (Wildman–Crippen LogP) is 4.91. The van der Waals surface area contributed by atoms with Crippen LogP contribution in [-0.4, -0.2) is 31.6 Å². The summed E-state index contributed by atoms with van der Waals surface area (Å²) < 4.78 is 21.1. The molecule has 2 aromatic carbocycles. The Morgan fingerprint density at radius 1 is 1.05 bits per heavy atom. The number of ether oxygens (including phenoxy) is 1. The SMILES string of the molecule is CCn1nc(-c2ccc(Cl)c(F)c2)nc1CC(=O)NC(C(=O)OCc1ccccc1)c1cc(C)nc(C)c1. The Balaban J connectivity index is 1.55. The Bertz CT molecular complexity index is 1440. The van der Waals surface area contributed by atoms with Crippen LogP contribution in [0.4, 0.5) is 4.39 Å². The van der Waals surface area contributed by atoms with E-state index >= 15 is 0 Å². The molecule has 0 radical (unpaired) electrons. The molecule has 10 heteroatoms. The second-order valence-electron chi connectivity index (χ2n) is 8.75. The van der Waals surface area contributed by atoms with Gasteiger partial charge >= 0.3 is 5.97 Å². The van der Waals surface area contributed by atoms with Gasteiger partial charge in [-0.05, 0) is 62.2 Å². The van der Waals surface area contributed by atoms with Gasteiger partial charge in [0.25, 0.3) is 0 Å². The lowest BCUT2D eigenvalue weighted by Crippen LogP contribution is -2.36. The van der Waals surface area contributed by atoms with Crippen molar-refractivity contribution in [1.82, 2.24) is 25.1 Å². The van der Waals surface area contributed by atoms with E-state index < -0.39 is 23.7 Å². The van der Waals surface area contributed by atoms with Crippen molar-refractivity contribution < 1.29 is 18.7 Å². The number of carbonyl (C=O) groups excluding carboxylic acids is 2. The lowest BCUT2D eigenvalue weighted by Gasteiger charge is -2.19. The Hall–Kier alpha value is -4.11. The summed E-state index contributed by atoms with van der Waals surface area (Å²) in [6.07, 6.45) is -0.150. The van der Waals surface area contributed by atoms with Gasteiger partial charge in [0.2, 0.25) is 5.91 Å². The summed E-state index contributed by atoms with van der Waals surface area (Å²) in [5, 5.41) is 7.18. The minimum atomic E-state index is -1.05. The maximum atomic E-state index is 14.0. The van der Waals surface area contributed by atoms with Crippen LogP contribution in [0, 0.1) is 19.7 Å². The van der Waals surface area contributed by atoms with Crippen molar-refractivity contribution in [3.05, 3.63) is 99.8 Å². The third kappa shape index (κ3) is 6.60. The van der Waals surface area contributed by atoms with Gasteiger partial charge in [-0.2, -0.15) is 5.10 Å². The van der Waals surface area contributed by atoms with Gasteiger partial charge < -0.3 is 10.1 Å². The van der Waals surface area contributed by atoms with Crippen molar-refractivity contribution in [3.63, 3.8) is 0 Å². The Morgan fingerprint density at radius 3 is 2.42 bits per heavy atom. The quantitative estimate of drug-likeness (QED) is 0.306. The largest absolute Gasteiger partial charge is 0.459 e. The molecule has 0 aliphatic carbocycles. The van der Waals surface area contributed by atoms with Crippen LogP contribution in [0.15, 0.2) is 60.7 Å². The number of benzene rings is 2. The number of halogens is 2. The molecule has 1 amide bonds. The van der Waals surface area contributed by atoms with Gasteiger partial charge in [0.1, 0.15) is 18.2 Å². The molecule has 2 aromatic heterocycles. The highest BCUT2D eigenvalue weighted by molar-refractivity contribution is 6.30. The monoisotopic (exact) mass is 535 g/mol. The lowest BCUT2D eigenvalue weighted by atomic mass is 10.1. The van der Waals surface area contributed by atoms with Crippen molar-refractivity contribution >= 4 is 23.5 Å². The van der Waals surface area contributed by atoms with Crippen LogP contribution < -0.4 is 5.32 Å². The average Bonchev–Trinajstić information content (AvgIpc) is 3.30. The molecule has 0 bridgehead atoms. The highest BCUT2D eigenvalue weighted by Gasteiger charge is 2.26. The maximum Gasteiger partial charge on any atom is 0.333 e. The number of hydrogen-bond acceptors (Lipinski definition) is 6. The number of carbonyl (C=O) groups is 2. The second kappa shape index (κ2) is 12.0. The van der Waals surface area contributed by atoms with Gasteiger partial charge in [-0.25, -0.2) is 18.9 Å². The minimum Gasteiger partial charge on any atom is -0.459 e. The Labute approximate surface area is 224 Å². The molecule has 38 heavy (non-hydrogen) atoms. The fourth-order valence-electron chi connectivity index (χ4n) is 4.00. The predicted molar refractivity (Wildman–Crippen MR) is 141 cm³/mol. The standard InChI is InChI=1S/C28H27ClFN5O3/c1-4-35-24(32-27(34-35)20-10-11-22(29)23(30)14-20)15-25(36)33-26(21-12-17(2)31-18(3)13-21)28(37)38-16-19-8-6-5-7-9-19/h5-14,26H,4,15-16H2,1-3H3,(H,33,36). The maximum absolute atomic E-state index is 14.0. The van der Waals surface area contributed by atoms with Gasteiger partial charge in [0, 0.05) is 23.5 Å². The molecule has 1 N–H and O–H groups in total. The molecule has 0 aliphatic rings. The van der Waals surface area contributed by atoms with E-state index in [2.05, 4.69) is 20.4 Å². The van der Waals surface area contributed by atoms with E-state index in [-0.39, 0.29) is 23.9 Å². The first kappa shape index (κ1) is 26.9. The van der Waals surface area contributed by atoms with Gasteiger partial charge in [0.15, 0.2) is 11.9 Å². The third-order valence-corrected chi connectivity index (χ3v) is 6.05. The highest BCUT2D eigenvalue weighted by atomic mass is 35.5. The molecule has 4 rings (SSSR count). The van der Waals surface area contributed by atoms with Gasteiger partial charge in [-0.3, -0.25) is 9.78 Å². The fraction of sp³-hybridized carbons (Fsp3) is 0.250. The van der Waals surface area contributed by atoms with Crippen molar-refractivity contribution in [3.8, 4) is 11.4 Å².